The van der Waals surface area contributed by atoms with E-state index in [0.29, 0.717) is 6.54 Å². The van der Waals surface area contributed by atoms with Gasteiger partial charge in [0.05, 0.1) is 6.07 Å². The fraction of sp³-hybridized carbons (Fsp3) is 0.471. The van der Waals surface area contributed by atoms with Crippen LogP contribution in [0, 0.1) is 15.5 Å². The third-order valence-electron chi connectivity index (χ3n) is 5.30. The number of piperidine rings is 1. The standard InChI is InChI=1S/C17H19N3O4S.ClH/c21-16(13-1-2-15(24-13)20(22)23)19(10-12-3-8-25-11-12)14-9-17(14)4-6-18-7-5-17;/h1-3,8,11,14,18H,4-7,9-10H2;1H. The first-order valence-electron chi connectivity index (χ1n) is 8.36. The molecule has 1 amide bonds. The van der Waals surface area contributed by atoms with E-state index in [0.717, 1.165) is 37.9 Å². The van der Waals surface area contributed by atoms with Crippen LogP contribution in [-0.4, -0.2) is 34.9 Å². The molecule has 2 fully saturated rings. The van der Waals surface area contributed by atoms with Gasteiger partial charge in [-0.25, -0.2) is 0 Å². The summed E-state index contributed by atoms with van der Waals surface area (Å²) < 4.78 is 5.16. The summed E-state index contributed by atoms with van der Waals surface area (Å²) in [6, 6.07) is 4.82. The second-order valence-corrected chi connectivity index (χ2v) is 7.57. The summed E-state index contributed by atoms with van der Waals surface area (Å²) in [7, 11) is 0. The van der Waals surface area contributed by atoms with Crippen LogP contribution in [0.15, 0.2) is 33.4 Å². The predicted molar refractivity (Wildman–Crippen MR) is 99.7 cm³/mol. The second-order valence-electron chi connectivity index (χ2n) is 6.79. The lowest BCUT2D eigenvalue weighted by Gasteiger charge is -2.29. The Bertz CT molecular complexity index is 786. The topological polar surface area (TPSA) is 88.6 Å². The minimum absolute atomic E-state index is 0. The molecule has 1 atom stereocenters. The molecule has 7 nitrogen and oxygen atoms in total. The molecule has 2 aliphatic rings. The van der Waals surface area contributed by atoms with Gasteiger partial charge in [-0.15, -0.1) is 12.4 Å². The molecule has 1 spiro atoms. The summed E-state index contributed by atoms with van der Waals surface area (Å²) in [5.74, 6) is -0.621. The molecular weight excluding hydrogens is 378 g/mol. The lowest BCUT2D eigenvalue weighted by Crippen LogP contribution is -2.39. The first kappa shape index (κ1) is 18.9. The number of carbonyl (C=O) groups excluding carboxylic acids is 1. The van der Waals surface area contributed by atoms with Gasteiger partial charge in [-0.05, 0) is 66.2 Å². The van der Waals surface area contributed by atoms with Gasteiger partial charge in [0, 0.05) is 12.6 Å². The molecule has 2 aromatic heterocycles. The number of hydrogen-bond acceptors (Lipinski definition) is 6. The lowest BCUT2D eigenvalue weighted by atomic mass is 9.93. The summed E-state index contributed by atoms with van der Waals surface area (Å²) in [5, 5.41) is 18.2. The highest BCUT2D eigenvalue weighted by Crippen LogP contribution is 2.56. The molecule has 4 rings (SSSR count). The number of thiophene rings is 1. The SMILES string of the molecule is Cl.O=C(c1ccc([N+](=O)[O-])o1)N(Cc1ccsc1)C1CC12CCNCC2. The van der Waals surface area contributed by atoms with Crippen molar-refractivity contribution in [2.75, 3.05) is 13.1 Å². The van der Waals surface area contributed by atoms with Gasteiger partial charge in [-0.2, -0.15) is 11.3 Å². The first-order chi connectivity index (χ1) is 12.1. The molecule has 1 unspecified atom stereocenters. The van der Waals surface area contributed by atoms with Crippen LogP contribution in [0.1, 0.15) is 35.4 Å². The van der Waals surface area contributed by atoms with Crippen LogP contribution in [0.5, 0.6) is 0 Å². The van der Waals surface area contributed by atoms with Gasteiger partial charge in [0.15, 0.2) is 5.76 Å². The predicted octanol–water partition coefficient (Wildman–Crippen LogP) is 3.46. The van der Waals surface area contributed by atoms with Crippen LogP contribution in [0.3, 0.4) is 0 Å². The van der Waals surface area contributed by atoms with Gasteiger partial charge >= 0.3 is 5.88 Å². The molecule has 2 aromatic rings. The average molecular weight is 398 g/mol. The smallest absolute Gasteiger partial charge is 0.395 e. The second kappa shape index (κ2) is 7.38. The quantitative estimate of drug-likeness (QED) is 0.616. The van der Waals surface area contributed by atoms with Gasteiger partial charge in [-0.3, -0.25) is 14.9 Å². The normalized spacial score (nSPS) is 20.4. The van der Waals surface area contributed by atoms with Gasteiger partial charge in [0.2, 0.25) is 0 Å². The highest BCUT2D eigenvalue weighted by molar-refractivity contribution is 7.07. The maximum absolute atomic E-state index is 13.0. The molecule has 26 heavy (non-hydrogen) atoms. The van der Waals surface area contributed by atoms with E-state index >= 15 is 0 Å². The van der Waals surface area contributed by atoms with Crippen molar-refractivity contribution in [3.63, 3.8) is 0 Å². The van der Waals surface area contributed by atoms with E-state index in [1.165, 1.54) is 12.1 Å². The van der Waals surface area contributed by atoms with Crippen molar-refractivity contribution in [2.45, 2.75) is 31.8 Å². The highest BCUT2D eigenvalue weighted by atomic mass is 35.5. The zero-order valence-corrected chi connectivity index (χ0v) is 15.7. The monoisotopic (exact) mass is 397 g/mol. The molecule has 9 heteroatoms. The van der Waals surface area contributed by atoms with E-state index < -0.39 is 10.8 Å². The van der Waals surface area contributed by atoms with Gasteiger partial charge in [0.25, 0.3) is 5.91 Å². The van der Waals surface area contributed by atoms with Crippen LogP contribution in [-0.2, 0) is 6.54 Å². The maximum atomic E-state index is 13.0. The molecule has 140 valence electrons. The first-order valence-corrected chi connectivity index (χ1v) is 9.30. The number of furan rings is 1. The highest BCUT2D eigenvalue weighted by Gasteiger charge is 2.58. The third-order valence-corrected chi connectivity index (χ3v) is 6.03. The zero-order chi connectivity index (χ0) is 17.4. The van der Waals surface area contributed by atoms with Gasteiger partial charge in [0.1, 0.15) is 4.92 Å². The van der Waals surface area contributed by atoms with Crippen molar-refractivity contribution < 1.29 is 14.1 Å². The van der Waals surface area contributed by atoms with Crippen LogP contribution in [0.25, 0.3) is 0 Å². The van der Waals surface area contributed by atoms with Gasteiger partial charge in [-0.1, -0.05) is 0 Å². The van der Waals surface area contributed by atoms with Crippen molar-refractivity contribution in [3.8, 4) is 0 Å². The number of carbonyl (C=O) groups is 1. The van der Waals surface area contributed by atoms with E-state index in [2.05, 4.69) is 5.32 Å². The van der Waals surface area contributed by atoms with E-state index in [9.17, 15) is 14.9 Å². The van der Waals surface area contributed by atoms with E-state index in [1.807, 2.05) is 21.7 Å². The number of nitro groups is 1. The Kier molecular flexibility index (Phi) is 5.36. The number of halogens is 1. The Morgan fingerprint density at radius 2 is 2.15 bits per heavy atom. The Morgan fingerprint density at radius 3 is 2.77 bits per heavy atom. The van der Waals surface area contributed by atoms with Crippen LogP contribution in [0.2, 0.25) is 0 Å². The van der Waals surface area contributed by atoms with Crippen molar-refractivity contribution in [1.82, 2.24) is 10.2 Å². The van der Waals surface area contributed by atoms with Crippen LogP contribution < -0.4 is 5.32 Å². The average Bonchev–Trinajstić information content (AvgIpc) is 3.06. The van der Waals surface area contributed by atoms with Crippen molar-refractivity contribution >= 4 is 35.5 Å². The Hall–Kier alpha value is -1.90. The van der Waals surface area contributed by atoms with E-state index in [4.69, 9.17) is 4.42 Å². The summed E-state index contributed by atoms with van der Waals surface area (Å²) in [6.45, 7) is 2.46. The Balaban J connectivity index is 0.00000196. The van der Waals surface area contributed by atoms with Crippen molar-refractivity contribution in [3.05, 3.63) is 50.4 Å². The Labute approximate surface area is 160 Å². The fourth-order valence-electron chi connectivity index (χ4n) is 3.81. The zero-order valence-electron chi connectivity index (χ0n) is 14.1. The number of nitrogens with one attached hydrogen (secondary N) is 1. The molecular formula is C17H20ClN3O4S. The summed E-state index contributed by atoms with van der Waals surface area (Å²) >= 11 is 1.60. The van der Waals surface area contributed by atoms with E-state index in [1.54, 1.807) is 11.3 Å². The molecule has 3 heterocycles. The fourth-order valence-corrected chi connectivity index (χ4v) is 4.47. The van der Waals surface area contributed by atoms with Crippen LogP contribution >= 0.6 is 23.7 Å². The number of rotatable bonds is 5. The van der Waals surface area contributed by atoms with Crippen LogP contribution in [0.4, 0.5) is 5.88 Å². The molecule has 1 aliphatic carbocycles. The van der Waals surface area contributed by atoms with Crippen molar-refractivity contribution in [2.24, 2.45) is 5.41 Å². The number of amides is 1. The molecule has 0 aromatic carbocycles. The largest absolute Gasteiger partial charge is 0.433 e. The molecule has 1 saturated carbocycles. The molecule has 0 bridgehead atoms. The minimum atomic E-state index is -0.620. The molecule has 0 radical (unpaired) electrons. The molecule has 1 aliphatic heterocycles. The maximum Gasteiger partial charge on any atom is 0.433 e. The summed E-state index contributed by atoms with van der Waals surface area (Å²) in [4.78, 5) is 25.1. The number of nitrogens with zero attached hydrogens (tertiary/aromatic N) is 2. The minimum Gasteiger partial charge on any atom is -0.395 e. The Morgan fingerprint density at radius 1 is 1.38 bits per heavy atom. The van der Waals surface area contributed by atoms with Gasteiger partial charge < -0.3 is 14.6 Å². The van der Waals surface area contributed by atoms with E-state index in [-0.39, 0.29) is 35.5 Å². The number of hydrogen-bond donors (Lipinski definition) is 1. The van der Waals surface area contributed by atoms with Crippen molar-refractivity contribution in [1.29, 1.82) is 0 Å². The summed E-state index contributed by atoms with van der Waals surface area (Å²) in [6.07, 6.45) is 3.11. The lowest BCUT2D eigenvalue weighted by molar-refractivity contribution is -0.402. The third kappa shape index (κ3) is 3.49. The molecule has 1 saturated heterocycles. The molecule has 1 N–H and O–H groups in total. The summed E-state index contributed by atoms with van der Waals surface area (Å²) in [5.41, 5.74) is 1.27.